The van der Waals surface area contributed by atoms with Crippen LogP contribution in [0.5, 0.6) is 0 Å². The number of hydrogen-bond donors (Lipinski definition) is 1. The van der Waals surface area contributed by atoms with Crippen molar-refractivity contribution < 1.29 is 9.59 Å². The molecule has 2 heterocycles. The van der Waals surface area contributed by atoms with Crippen LogP contribution in [0.2, 0.25) is 0 Å². The van der Waals surface area contributed by atoms with Gasteiger partial charge in [0.2, 0.25) is 5.91 Å². The molecule has 19 heavy (non-hydrogen) atoms. The van der Waals surface area contributed by atoms with Gasteiger partial charge in [0.15, 0.2) is 0 Å². The number of rotatable bonds is 4. The Hall–Kier alpha value is -1.36. The zero-order valence-electron chi connectivity index (χ0n) is 11.3. The first kappa shape index (κ1) is 14.1. The normalized spacial score (nSPS) is 16.3. The lowest BCUT2D eigenvalue weighted by Crippen LogP contribution is -2.38. The molecule has 5 heteroatoms. The van der Waals surface area contributed by atoms with Gasteiger partial charge in [0.1, 0.15) is 0 Å². The number of likely N-dealkylation sites (tertiary alicyclic amines) is 1. The average Bonchev–Trinajstić information content (AvgIpc) is 2.71. The van der Waals surface area contributed by atoms with Crippen molar-refractivity contribution >= 4 is 23.2 Å². The molecule has 2 amide bonds. The predicted octanol–water partition coefficient (Wildman–Crippen LogP) is 2.19. The van der Waals surface area contributed by atoms with E-state index in [4.69, 9.17) is 0 Å². The molecule has 1 aliphatic rings. The number of amides is 2. The second kappa shape index (κ2) is 6.70. The standard InChI is InChI=1S/C14H20N2O2S/c1-11-6-10-19-13(11)14(18)15-7-9-16-8-4-2-3-5-12(16)17/h6,10H,2-5,7-9H2,1H3,(H,15,18). The third-order valence-corrected chi connectivity index (χ3v) is 4.42. The molecule has 1 aliphatic heterocycles. The van der Waals surface area contributed by atoms with Gasteiger partial charge in [0.05, 0.1) is 4.88 Å². The number of hydrogen-bond acceptors (Lipinski definition) is 3. The Kier molecular flexibility index (Phi) is 4.96. The first-order valence-electron chi connectivity index (χ1n) is 6.78. The topological polar surface area (TPSA) is 49.4 Å². The van der Waals surface area contributed by atoms with E-state index in [1.54, 1.807) is 0 Å². The second-order valence-electron chi connectivity index (χ2n) is 4.88. The smallest absolute Gasteiger partial charge is 0.261 e. The maximum absolute atomic E-state index is 11.9. The highest BCUT2D eigenvalue weighted by Crippen LogP contribution is 2.15. The van der Waals surface area contributed by atoms with Crippen LogP contribution in [-0.4, -0.2) is 36.3 Å². The van der Waals surface area contributed by atoms with E-state index in [1.165, 1.54) is 11.3 Å². The van der Waals surface area contributed by atoms with Gasteiger partial charge < -0.3 is 10.2 Å². The maximum atomic E-state index is 11.9. The van der Waals surface area contributed by atoms with Gasteiger partial charge >= 0.3 is 0 Å². The van der Waals surface area contributed by atoms with Crippen LogP contribution in [0.25, 0.3) is 0 Å². The molecule has 1 N–H and O–H groups in total. The molecular formula is C14H20N2O2S. The number of thiophene rings is 1. The molecule has 2 rings (SSSR count). The molecule has 0 unspecified atom stereocenters. The van der Waals surface area contributed by atoms with Gasteiger partial charge in [0, 0.05) is 26.1 Å². The minimum Gasteiger partial charge on any atom is -0.350 e. The van der Waals surface area contributed by atoms with E-state index in [2.05, 4.69) is 5.32 Å². The Balaban J connectivity index is 1.78. The summed E-state index contributed by atoms with van der Waals surface area (Å²) in [6.07, 6.45) is 3.85. The number of nitrogens with zero attached hydrogens (tertiary/aromatic N) is 1. The maximum Gasteiger partial charge on any atom is 0.261 e. The van der Waals surface area contributed by atoms with Crippen LogP contribution in [0, 0.1) is 6.92 Å². The SMILES string of the molecule is Cc1ccsc1C(=O)NCCN1CCCCCC1=O. The fourth-order valence-corrected chi connectivity index (χ4v) is 3.11. The van der Waals surface area contributed by atoms with Crippen molar-refractivity contribution in [2.24, 2.45) is 0 Å². The van der Waals surface area contributed by atoms with Crippen LogP contribution >= 0.6 is 11.3 Å². The van der Waals surface area contributed by atoms with Gasteiger partial charge in [-0.1, -0.05) is 6.42 Å². The summed E-state index contributed by atoms with van der Waals surface area (Å²) in [5, 5.41) is 4.81. The summed E-state index contributed by atoms with van der Waals surface area (Å²) < 4.78 is 0. The number of aryl methyl sites for hydroxylation is 1. The molecule has 0 aliphatic carbocycles. The molecule has 0 aromatic carbocycles. The highest BCUT2D eigenvalue weighted by molar-refractivity contribution is 7.12. The van der Waals surface area contributed by atoms with Crippen LogP contribution in [0.3, 0.4) is 0 Å². The van der Waals surface area contributed by atoms with E-state index >= 15 is 0 Å². The number of nitrogens with one attached hydrogen (secondary N) is 1. The number of carbonyl (C=O) groups excluding carboxylic acids is 2. The molecule has 0 saturated carbocycles. The van der Waals surface area contributed by atoms with E-state index in [0.717, 1.165) is 36.2 Å². The Morgan fingerprint density at radius 1 is 1.42 bits per heavy atom. The van der Waals surface area contributed by atoms with Gasteiger partial charge in [-0.3, -0.25) is 9.59 Å². The van der Waals surface area contributed by atoms with E-state index < -0.39 is 0 Å². The van der Waals surface area contributed by atoms with Gasteiger partial charge in [-0.15, -0.1) is 11.3 Å². The monoisotopic (exact) mass is 280 g/mol. The Morgan fingerprint density at radius 2 is 2.26 bits per heavy atom. The van der Waals surface area contributed by atoms with Gasteiger partial charge in [-0.05, 0) is 36.8 Å². The third-order valence-electron chi connectivity index (χ3n) is 3.41. The second-order valence-corrected chi connectivity index (χ2v) is 5.80. The largest absolute Gasteiger partial charge is 0.350 e. The highest BCUT2D eigenvalue weighted by Gasteiger charge is 2.16. The molecule has 1 aromatic heterocycles. The molecular weight excluding hydrogens is 260 g/mol. The van der Waals surface area contributed by atoms with Gasteiger partial charge in [-0.25, -0.2) is 0 Å². The summed E-state index contributed by atoms with van der Waals surface area (Å²) in [4.78, 5) is 26.3. The van der Waals surface area contributed by atoms with Gasteiger partial charge in [0.25, 0.3) is 5.91 Å². The average molecular weight is 280 g/mol. The zero-order chi connectivity index (χ0) is 13.7. The minimum atomic E-state index is -0.0326. The van der Waals surface area contributed by atoms with E-state index in [1.807, 2.05) is 23.3 Å². The van der Waals surface area contributed by atoms with Crippen molar-refractivity contribution in [3.63, 3.8) is 0 Å². The van der Waals surface area contributed by atoms with Crippen molar-refractivity contribution in [1.29, 1.82) is 0 Å². The molecule has 0 radical (unpaired) electrons. The van der Waals surface area contributed by atoms with Crippen LogP contribution in [0.15, 0.2) is 11.4 Å². The molecule has 4 nitrogen and oxygen atoms in total. The van der Waals surface area contributed by atoms with E-state index in [9.17, 15) is 9.59 Å². The Morgan fingerprint density at radius 3 is 3.00 bits per heavy atom. The molecule has 104 valence electrons. The molecule has 1 fully saturated rings. The summed E-state index contributed by atoms with van der Waals surface area (Å²) >= 11 is 1.45. The summed E-state index contributed by atoms with van der Waals surface area (Å²) in [5.41, 5.74) is 1.01. The lowest BCUT2D eigenvalue weighted by atomic mass is 10.2. The lowest BCUT2D eigenvalue weighted by molar-refractivity contribution is -0.130. The quantitative estimate of drug-likeness (QED) is 0.919. The van der Waals surface area contributed by atoms with Crippen molar-refractivity contribution in [3.8, 4) is 0 Å². The summed E-state index contributed by atoms with van der Waals surface area (Å²) in [5.74, 6) is 0.189. The fraction of sp³-hybridized carbons (Fsp3) is 0.571. The van der Waals surface area contributed by atoms with Crippen LogP contribution in [-0.2, 0) is 4.79 Å². The first-order chi connectivity index (χ1) is 9.18. The minimum absolute atomic E-state index is 0.0326. The van der Waals surface area contributed by atoms with Crippen molar-refractivity contribution in [3.05, 3.63) is 21.9 Å². The fourth-order valence-electron chi connectivity index (χ4n) is 2.27. The van der Waals surface area contributed by atoms with Crippen LogP contribution in [0.4, 0.5) is 0 Å². The van der Waals surface area contributed by atoms with Crippen molar-refractivity contribution in [2.45, 2.75) is 32.6 Å². The highest BCUT2D eigenvalue weighted by atomic mass is 32.1. The zero-order valence-corrected chi connectivity index (χ0v) is 12.1. The Bertz CT molecular complexity index is 456. The Labute approximate surface area is 117 Å². The molecule has 1 saturated heterocycles. The molecule has 0 atom stereocenters. The summed E-state index contributed by atoms with van der Waals surface area (Å²) in [6.45, 7) is 3.91. The predicted molar refractivity (Wildman–Crippen MR) is 76.4 cm³/mol. The third kappa shape index (κ3) is 3.80. The molecule has 1 aromatic rings. The van der Waals surface area contributed by atoms with Crippen LogP contribution < -0.4 is 5.32 Å². The summed E-state index contributed by atoms with van der Waals surface area (Å²) in [6, 6.07) is 1.94. The molecule has 0 spiro atoms. The van der Waals surface area contributed by atoms with E-state index in [-0.39, 0.29) is 11.8 Å². The molecule has 0 bridgehead atoms. The van der Waals surface area contributed by atoms with E-state index in [0.29, 0.717) is 19.5 Å². The lowest BCUT2D eigenvalue weighted by Gasteiger charge is -2.20. The van der Waals surface area contributed by atoms with Crippen molar-refractivity contribution in [1.82, 2.24) is 10.2 Å². The number of carbonyl (C=O) groups is 2. The van der Waals surface area contributed by atoms with Gasteiger partial charge in [-0.2, -0.15) is 0 Å². The van der Waals surface area contributed by atoms with Crippen molar-refractivity contribution in [2.75, 3.05) is 19.6 Å². The summed E-state index contributed by atoms with van der Waals surface area (Å²) in [7, 11) is 0. The van der Waals surface area contributed by atoms with Crippen LogP contribution in [0.1, 0.15) is 40.9 Å². The first-order valence-corrected chi connectivity index (χ1v) is 7.66.